The van der Waals surface area contributed by atoms with E-state index in [2.05, 4.69) is 18.1 Å². The van der Waals surface area contributed by atoms with Crippen LogP contribution in [0.4, 0.5) is 0 Å². The fraction of sp³-hybridized carbons (Fsp3) is 1.00. The predicted molar refractivity (Wildman–Crippen MR) is 78.0 cm³/mol. The molecule has 0 aromatic rings. The first-order valence-corrected chi connectivity index (χ1v) is 10.1. The molecule has 0 N–H and O–H groups in total. The van der Waals surface area contributed by atoms with Crippen LogP contribution in [0.3, 0.4) is 0 Å². The van der Waals surface area contributed by atoms with Crippen molar-refractivity contribution in [1.82, 2.24) is 0 Å². The van der Waals surface area contributed by atoms with E-state index >= 15 is 0 Å². The number of quaternary nitrogens is 1. The van der Waals surface area contributed by atoms with Gasteiger partial charge >= 0.3 is 0 Å². The molecule has 116 valence electrons. The van der Waals surface area contributed by atoms with E-state index in [1.54, 1.807) is 0 Å². The zero-order valence-corrected chi connectivity index (χ0v) is 13.9. The minimum absolute atomic E-state index is 0.716. The Bertz CT molecular complexity index is 421. The standard InChI is InChI=1S/C9H20N.C2H6NO4S2/c1-3-4-7-10(2)8-5-6-9-10;1-8(4,5)3-9(2,6)7/h3-9H2,1-2H3;1-2H3/q+1;-1. The van der Waals surface area contributed by atoms with E-state index in [-0.39, 0.29) is 0 Å². The molecule has 0 aromatic heterocycles. The van der Waals surface area contributed by atoms with E-state index < -0.39 is 20.0 Å². The van der Waals surface area contributed by atoms with Gasteiger partial charge in [0, 0.05) is 25.4 Å². The molecule has 0 unspecified atom stereocenters. The van der Waals surface area contributed by atoms with Crippen LogP contribution in [0.25, 0.3) is 4.13 Å². The topological polar surface area (TPSA) is 82.4 Å². The van der Waals surface area contributed by atoms with Crippen LogP contribution in [0, 0.1) is 0 Å². The normalized spacial score (nSPS) is 18.7. The highest BCUT2D eigenvalue weighted by atomic mass is 32.3. The van der Waals surface area contributed by atoms with Crippen LogP contribution in [0.15, 0.2) is 0 Å². The largest absolute Gasteiger partial charge is 0.437 e. The van der Waals surface area contributed by atoms with Crippen LogP contribution in [0.5, 0.6) is 0 Å². The number of likely N-dealkylation sites (tertiary alicyclic amines) is 1. The van der Waals surface area contributed by atoms with Gasteiger partial charge in [0.2, 0.25) is 0 Å². The average molecular weight is 314 g/mol. The molecule has 19 heavy (non-hydrogen) atoms. The summed E-state index contributed by atoms with van der Waals surface area (Å²) >= 11 is 0. The lowest BCUT2D eigenvalue weighted by Gasteiger charge is -2.28. The van der Waals surface area contributed by atoms with Crippen molar-refractivity contribution in [3.8, 4) is 0 Å². The van der Waals surface area contributed by atoms with Gasteiger partial charge in [-0.05, 0) is 6.42 Å². The second-order valence-corrected chi connectivity index (χ2v) is 8.92. The molecule has 0 spiro atoms. The van der Waals surface area contributed by atoms with Crippen LogP contribution in [-0.4, -0.2) is 60.5 Å². The maximum Gasteiger partial charge on any atom is 0.0801 e. The van der Waals surface area contributed by atoms with E-state index in [1.807, 2.05) is 0 Å². The minimum Gasteiger partial charge on any atom is -0.437 e. The highest BCUT2D eigenvalue weighted by molar-refractivity contribution is 8.11. The first-order valence-electron chi connectivity index (χ1n) is 6.45. The number of hydrogen-bond donors (Lipinski definition) is 0. The third kappa shape index (κ3) is 11.4. The monoisotopic (exact) mass is 314 g/mol. The predicted octanol–water partition coefficient (Wildman–Crippen LogP) is 1.31. The second kappa shape index (κ2) is 7.56. The average Bonchev–Trinajstić information content (AvgIpc) is 2.58. The molecule has 1 fully saturated rings. The Kier molecular flexibility index (Phi) is 7.49. The Hall–Kier alpha value is -0.180. The first-order chi connectivity index (χ1) is 8.47. The van der Waals surface area contributed by atoms with E-state index in [4.69, 9.17) is 0 Å². The number of unbranched alkanes of at least 4 members (excludes halogenated alkanes) is 1. The highest BCUT2D eigenvalue weighted by Gasteiger charge is 2.25. The quantitative estimate of drug-likeness (QED) is 0.716. The summed E-state index contributed by atoms with van der Waals surface area (Å²) in [4.78, 5) is 0. The smallest absolute Gasteiger partial charge is 0.0801 e. The molecule has 0 bridgehead atoms. The molecule has 0 aliphatic carbocycles. The van der Waals surface area contributed by atoms with Crippen molar-refractivity contribution in [3.05, 3.63) is 4.13 Å². The molecule has 6 nitrogen and oxygen atoms in total. The molecule has 1 heterocycles. The van der Waals surface area contributed by atoms with Gasteiger partial charge in [0.15, 0.2) is 0 Å². The van der Waals surface area contributed by atoms with Gasteiger partial charge in [0.05, 0.1) is 46.7 Å². The molecular weight excluding hydrogens is 288 g/mol. The fourth-order valence-electron chi connectivity index (χ4n) is 2.11. The summed E-state index contributed by atoms with van der Waals surface area (Å²) < 4.78 is 44.2. The van der Waals surface area contributed by atoms with Crippen molar-refractivity contribution in [2.45, 2.75) is 32.6 Å². The highest BCUT2D eigenvalue weighted by Crippen LogP contribution is 2.16. The van der Waals surface area contributed by atoms with Crippen LogP contribution in [0.1, 0.15) is 32.6 Å². The summed E-state index contributed by atoms with van der Waals surface area (Å²) in [5, 5.41) is 0. The zero-order chi connectivity index (χ0) is 15.2. The molecule has 0 radical (unpaired) electrons. The molecule has 1 rings (SSSR count). The molecule has 0 aromatic carbocycles. The van der Waals surface area contributed by atoms with Gasteiger partial charge in [-0.3, -0.25) is 0 Å². The van der Waals surface area contributed by atoms with Gasteiger partial charge in [-0.25, -0.2) is 16.8 Å². The van der Waals surface area contributed by atoms with Gasteiger partial charge in [0.1, 0.15) is 0 Å². The van der Waals surface area contributed by atoms with Gasteiger partial charge in [-0.15, -0.1) is 0 Å². The number of sulfonamides is 2. The summed E-state index contributed by atoms with van der Waals surface area (Å²) in [7, 11) is -5.08. The van der Waals surface area contributed by atoms with Crippen molar-refractivity contribution < 1.29 is 21.3 Å². The molecule has 0 saturated carbocycles. The van der Waals surface area contributed by atoms with Crippen LogP contribution < -0.4 is 0 Å². The van der Waals surface area contributed by atoms with Crippen molar-refractivity contribution in [2.24, 2.45) is 0 Å². The minimum atomic E-state index is -3.74. The van der Waals surface area contributed by atoms with Gasteiger partial charge in [-0.1, -0.05) is 13.3 Å². The summed E-state index contributed by atoms with van der Waals surface area (Å²) in [5.41, 5.74) is 0. The number of hydrogen-bond acceptors (Lipinski definition) is 4. The molecular formula is C11H26N2O4S2. The lowest BCUT2D eigenvalue weighted by atomic mass is 10.3. The lowest BCUT2D eigenvalue weighted by molar-refractivity contribution is -0.897. The van der Waals surface area contributed by atoms with Crippen molar-refractivity contribution >= 4 is 20.0 Å². The number of nitrogens with zero attached hydrogens (tertiary/aromatic N) is 2. The van der Waals surface area contributed by atoms with Crippen molar-refractivity contribution in [2.75, 3.05) is 39.2 Å². The molecule has 1 aliphatic rings. The Morgan fingerprint density at radius 3 is 1.68 bits per heavy atom. The first kappa shape index (κ1) is 18.8. The molecule has 8 heteroatoms. The Labute approximate surface area is 117 Å². The van der Waals surface area contributed by atoms with Gasteiger partial charge in [0.25, 0.3) is 0 Å². The summed E-state index contributed by atoms with van der Waals surface area (Å²) in [5.74, 6) is 0. The summed E-state index contributed by atoms with van der Waals surface area (Å²) in [6, 6.07) is 0. The maximum atomic E-state index is 10.1. The second-order valence-electron chi connectivity index (χ2n) is 5.39. The van der Waals surface area contributed by atoms with Crippen molar-refractivity contribution in [3.63, 3.8) is 0 Å². The lowest BCUT2D eigenvalue weighted by Crippen LogP contribution is -2.41. The Morgan fingerprint density at radius 2 is 1.42 bits per heavy atom. The van der Waals surface area contributed by atoms with E-state index in [9.17, 15) is 16.8 Å². The molecule has 0 amide bonds. The van der Waals surface area contributed by atoms with Crippen LogP contribution in [-0.2, 0) is 20.0 Å². The Morgan fingerprint density at radius 1 is 1.00 bits per heavy atom. The fourth-order valence-corrected chi connectivity index (χ4v) is 4.08. The van der Waals surface area contributed by atoms with E-state index in [1.165, 1.54) is 49.8 Å². The third-order valence-corrected chi connectivity index (χ3v) is 5.13. The molecule has 0 atom stereocenters. The van der Waals surface area contributed by atoms with E-state index in [0.717, 1.165) is 0 Å². The van der Waals surface area contributed by atoms with Crippen LogP contribution in [0.2, 0.25) is 0 Å². The molecule has 1 aliphatic heterocycles. The Balaban J connectivity index is 0.000000344. The summed E-state index contributed by atoms with van der Waals surface area (Å²) in [6.07, 6.45) is 7.12. The van der Waals surface area contributed by atoms with Gasteiger partial charge < -0.3 is 8.61 Å². The number of rotatable bonds is 5. The molecule has 1 saturated heterocycles. The zero-order valence-electron chi connectivity index (χ0n) is 12.3. The van der Waals surface area contributed by atoms with Crippen LogP contribution >= 0.6 is 0 Å². The summed E-state index contributed by atoms with van der Waals surface area (Å²) in [6.45, 7) is 6.55. The van der Waals surface area contributed by atoms with E-state index in [0.29, 0.717) is 12.5 Å². The SMILES string of the molecule is CCCC[N+]1(C)CCCC1.CS(=O)(=O)[N-]S(C)(=O)=O. The van der Waals surface area contributed by atoms with Crippen molar-refractivity contribution in [1.29, 1.82) is 0 Å². The maximum absolute atomic E-state index is 10.1. The van der Waals surface area contributed by atoms with Gasteiger partial charge in [-0.2, -0.15) is 0 Å². The third-order valence-electron chi connectivity index (χ3n) is 2.97.